The lowest BCUT2D eigenvalue weighted by atomic mass is 10.1. The molecule has 4 nitrogen and oxygen atoms in total. The summed E-state index contributed by atoms with van der Waals surface area (Å²) < 4.78 is 25.6. The quantitative estimate of drug-likeness (QED) is 0.651. The van der Waals surface area contributed by atoms with Crippen LogP contribution >= 0.6 is 0 Å². The largest absolute Gasteiger partial charge is 0.317 e. The predicted octanol–water partition coefficient (Wildman–Crippen LogP) is 0.704. The highest BCUT2D eigenvalue weighted by Gasteiger charge is 2.18. The van der Waals surface area contributed by atoms with E-state index in [1.165, 1.54) is 0 Å². The normalized spacial score (nSPS) is 13.1. The molecule has 5 heteroatoms. The Morgan fingerprint density at radius 3 is 2.21 bits per heavy atom. The molecule has 0 aliphatic carbocycles. The van der Waals surface area contributed by atoms with Crippen molar-refractivity contribution < 1.29 is 8.42 Å². The van der Waals surface area contributed by atoms with Gasteiger partial charge in [-0.05, 0) is 40.3 Å². The van der Waals surface area contributed by atoms with Crippen molar-refractivity contribution in [3.05, 3.63) is 0 Å². The molecule has 14 heavy (non-hydrogen) atoms. The van der Waals surface area contributed by atoms with Crippen LogP contribution in [0.25, 0.3) is 0 Å². The molecule has 0 saturated carbocycles. The minimum Gasteiger partial charge on any atom is -0.317 e. The van der Waals surface area contributed by atoms with E-state index in [0.29, 0.717) is 6.42 Å². The first-order valence-electron chi connectivity index (χ1n) is 4.99. The van der Waals surface area contributed by atoms with Gasteiger partial charge in [-0.25, -0.2) is 13.1 Å². The molecule has 0 amide bonds. The summed E-state index contributed by atoms with van der Waals surface area (Å²) in [6, 6.07) is 0. The number of hydrogen-bond acceptors (Lipinski definition) is 3. The molecule has 0 rings (SSSR count). The van der Waals surface area contributed by atoms with Gasteiger partial charge in [0.15, 0.2) is 0 Å². The molecule has 0 heterocycles. The zero-order chi connectivity index (χ0) is 11.2. The summed E-state index contributed by atoms with van der Waals surface area (Å²) in [7, 11) is -3.11. The summed E-state index contributed by atoms with van der Waals surface area (Å²) in [6.07, 6.45) is 0.652. The SMILES string of the molecule is CCNCCCS(=O)(=O)NC(C)(C)C. The summed E-state index contributed by atoms with van der Waals surface area (Å²) in [6.45, 7) is 9.16. The Hall–Kier alpha value is -0.130. The van der Waals surface area contributed by atoms with Crippen molar-refractivity contribution >= 4 is 10.0 Å². The van der Waals surface area contributed by atoms with E-state index in [4.69, 9.17) is 0 Å². The predicted molar refractivity (Wildman–Crippen MR) is 59.8 cm³/mol. The molecule has 0 spiro atoms. The van der Waals surface area contributed by atoms with Gasteiger partial charge in [0.2, 0.25) is 10.0 Å². The standard InChI is InChI=1S/C9H22N2O2S/c1-5-10-7-6-8-14(12,13)11-9(2,3)4/h10-11H,5-8H2,1-4H3. The van der Waals surface area contributed by atoms with Crippen molar-refractivity contribution in [3.63, 3.8) is 0 Å². The molecule has 0 radical (unpaired) electrons. The minimum atomic E-state index is -3.11. The fourth-order valence-electron chi connectivity index (χ4n) is 1.08. The molecule has 2 N–H and O–H groups in total. The number of rotatable bonds is 6. The molecule has 0 aromatic carbocycles. The highest BCUT2D eigenvalue weighted by molar-refractivity contribution is 7.89. The van der Waals surface area contributed by atoms with Gasteiger partial charge < -0.3 is 5.32 Å². The lowest BCUT2D eigenvalue weighted by Crippen LogP contribution is -2.42. The third kappa shape index (κ3) is 8.47. The lowest BCUT2D eigenvalue weighted by Gasteiger charge is -2.20. The van der Waals surface area contributed by atoms with Crippen molar-refractivity contribution in [1.82, 2.24) is 10.0 Å². The van der Waals surface area contributed by atoms with Gasteiger partial charge in [-0.2, -0.15) is 0 Å². The Balaban J connectivity index is 3.86. The molecular formula is C9H22N2O2S. The third-order valence-corrected chi connectivity index (χ3v) is 3.23. The van der Waals surface area contributed by atoms with Crippen LogP contribution in [0.5, 0.6) is 0 Å². The van der Waals surface area contributed by atoms with Crippen LogP contribution < -0.4 is 10.0 Å². The van der Waals surface area contributed by atoms with Gasteiger partial charge in [0.25, 0.3) is 0 Å². The summed E-state index contributed by atoms with van der Waals surface area (Å²) >= 11 is 0. The molecule has 0 bridgehead atoms. The van der Waals surface area contributed by atoms with Gasteiger partial charge in [0.1, 0.15) is 0 Å². The molecule has 0 aliphatic heterocycles. The maximum Gasteiger partial charge on any atom is 0.212 e. The van der Waals surface area contributed by atoms with Crippen molar-refractivity contribution in [2.75, 3.05) is 18.8 Å². The fourth-order valence-corrected chi connectivity index (χ4v) is 2.64. The van der Waals surface area contributed by atoms with Crippen molar-refractivity contribution in [2.45, 2.75) is 39.7 Å². The number of sulfonamides is 1. The molecule has 0 unspecified atom stereocenters. The second-order valence-corrected chi connectivity index (χ2v) is 6.22. The Kier molecular flexibility index (Phi) is 5.63. The molecular weight excluding hydrogens is 200 g/mol. The summed E-state index contributed by atoms with van der Waals surface area (Å²) in [4.78, 5) is 0. The molecule has 86 valence electrons. The Morgan fingerprint density at radius 1 is 1.21 bits per heavy atom. The lowest BCUT2D eigenvalue weighted by molar-refractivity contribution is 0.490. The van der Waals surface area contributed by atoms with Gasteiger partial charge in [0.05, 0.1) is 5.75 Å². The fraction of sp³-hybridized carbons (Fsp3) is 1.00. The molecule has 0 saturated heterocycles. The average Bonchev–Trinajstić information content (AvgIpc) is 1.93. The number of nitrogens with one attached hydrogen (secondary N) is 2. The van der Waals surface area contributed by atoms with E-state index < -0.39 is 10.0 Å². The van der Waals surface area contributed by atoms with E-state index in [-0.39, 0.29) is 11.3 Å². The van der Waals surface area contributed by atoms with Gasteiger partial charge in [0, 0.05) is 5.54 Å². The Labute approximate surface area is 87.5 Å². The molecule has 0 atom stereocenters. The highest BCUT2D eigenvalue weighted by Crippen LogP contribution is 2.02. The van der Waals surface area contributed by atoms with Crippen LogP contribution in [0.1, 0.15) is 34.1 Å². The van der Waals surface area contributed by atoms with Gasteiger partial charge in [-0.3, -0.25) is 0 Å². The average molecular weight is 222 g/mol. The first-order valence-corrected chi connectivity index (χ1v) is 6.64. The van der Waals surface area contributed by atoms with E-state index in [1.54, 1.807) is 0 Å². The van der Waals surface area contributed by atoms with Crippen molar-refractivity contribution in [2.24, 2.45) is 0 Å². The monoisotopic (exact) mass is 222 g/mol. The van der Waals surface area contributed by atoms with Gasteiger partial charge in [-0.15, -0.1) is 0 Å². The topological polar surface area (TPSA) is 58.2 Å². The second kappa shape index (κ2) is 5.68. The molecule has 0 aromatic heterocycles. The zero-order valence-corrected chi connectivity index (χ0v) is 10.4. The molecule has 0 fully saturated rings. The highest BCUT2D eigenvalue weighted by atomic mass is 32.2. The third-order valence-electron chi connectivity index (χ3n) is 1.48. The van der Waals surface area contributed by atoms with Crippen molar-refractivity contribution in [3.8, 4) is 0 Å². The van der Waals surface area contributed by atoms with Crippen LogP contribution in [0.4, 0.5) is 0 Å². The second-order valence-electron chi connectivity index (χ2n) is 4.38. The first-order chi connectivity index (χ1) is 6.27. The first kappa shape index (κ1) is 13.9. The molecule has 0 aliphatic rings. The van der Waals surface area contributed by atoms with Crippen molar-refractivity contribution in [1.29, 1.82) is 0 Å². The van der Waals surface area contributed by atoms with E-state index in [9.17, 15) is 8.42 Å². The summed E-state index contributed by atoms with van der Waals surface area (Å²) in [5.74, 6) is 0.192. The maximum absolute atomic E-state index is 11.5. The minimum absolute atomic E-state index is 0.192. The van der Waals surface area contributed by atoms with Crippen LogP contribution in [0.15, 0.2) is 0 Å². The van der Waals surface area contributed by atoms with Crippen LogP contribution in [0.2, 0.25) is 0 Å². The van der Waals surface area contributed by atoms with E-state index in [0.717, 1.165) is 13.1 Å². The number of hydrogen-bond donors (Lipinski definition) is 2. The molecule has 0 aromatic rings. The van der Waals surface area contributed by atoms with Crippen LogP contribution in [0.3, 0.4) is 0 Å². The Bertz CT molecular complexity index is 242. The van der Waals surface area contributed by atoms with Gasteiger partial charge >= 0.3 is 0 Å². The Morgan fingerprint density at radius 2 is 1.79 bits per heavy atom. The van der Waals surface area contributed by atoms with Crippen LogP contribution in [0, 0.1) is 0 Å². The van der Waals surface area contributed by atoms with E-state index >= 15 is 0 Å². The summed E-state index contributed by atoms with van der Waals surface area (Å²) in [5, 5.41) is 3.09. The van der Waals surface area contributed by atoms with Crippen LogP contribution in [-0.4, -0.2) is 32.8 Å². The summed E-state index contributed by atoms with van der Waals surface area (Å²) in [5.41, 5.74) is -0.378. The van der Waals surface area contributed by atoms with E-state index in [1.807, 2.05) is 27.7 Å². The maximum atomic E-state index is 11.5. The van der Waals surface area contributed by atoms with Crippen LogP contribution in [-0.2, 0) is 10.0 Å². The van der Waals surface area contributed by atoms with Gasteiger partial charge in [-0.1, -0.05) is 6.92 Å². The smallest absolute Gasteiger partial charge is 0.212 e. The van der Waals surface area contributed by atoms with E-state index in [2.05, 4.69) is 10.0 Å². The zero-order valence-electron chi connectivity index (χ0n) is 9.55.